The highest BCUT2D eigenvalue weighted by molar-refractivity contribution is 7.99. The molecule has 0 radical (unpaired) electrons. The van der Waals surface area contributed by atoms with E-state index in [1.807, 2.05) is 6.07 Å². The minimum absolute atomic E-state index is 0.105. The number of nitriles is 1. The smallest absolute Gasteiger partial charge is 0.283 e. The molecule has 2 heterocycles. The lowest BCUT2D eigenvalue weighted by Gasteiger charge is -2.15. The Morgan fingerprint density at radius 2 is 2.03 bits per heavy atom. The Kier molecular flexibility index (Phi) is 7.78. The lowest BCUT2D eigenvalue weighted by molar-refractivity contribution is -0.387. The summed E-state index contributed by atoms with van der Waals surface area (Å²) in [6.45, 7) is 8.85. The van der Waals surface area contributed by atoms with Gasteiger partial charge >= 0.3 is 0 Å². The molecule has 3 rings (SSSR count). The number of nitro benzene ring substituents is 1. The van der Waals surface area contributed by atoms with Crippen molar-refractivity contribution in [2.75, 3.05) is 0 Å². The summed E-state index contributed by atoms with van der Waals surface area (Å²) >= 11 is 2.05. The number of rotatable bonds is 7. The molecule has 0 N–H and O–H groups in total. The fraction of sp³-hybridized carbons (Fsp3) is 0.208. The number of allylic oxidation sites excluding steroid dienone is 1. The van der Waals surface area contributed by atoms with Gasteiger partial charge in [0.15, 0.2) is 10.9 Å². The molecule has 11 heteroatoms. The van der Waals surface area contributed by atoms with E-state index in [2.05, 4.69) is 16.5 Å². The van der Waals surface area contributed by atoms with Gasteiger partial charge in [-0.15, -0.1) is 17.9 Å². The molecule has 0 unspecified atom stereocenters. The Balaban J connectivity index is 2.20. The van der Waals surface area contributed by atoms with Crippen LogP contribution in [0.15, 0.2) is 64.2 Å². The number of carbonyl (C=O) groups excluding carboxylic acids is 1. The molecule has 0 atom stereocenters. The van der Waals surface area contributed by atoms with Crippen molar-refractivity contribution < 1.29 is 9.72 Å². The molecule has 9 nitrogen and oxygen atoms in total. The number of nitro groups is 1. The van der Waals surface area contributed by atoms with Gasteiger partial charge in [0, 0.05) is 30.4 Å². The van der Waals surface area contributed by atoms with Crippen molar-refractivity contribution in [1.29, 1.82) is 5.26 Å². The molecule has 0 fully saturated rings. The van der Waals surface area contributed by atoms with E-state index in [9.17, 15) is 25.0 Å². The predicted octanol–water partition coefficient (Wildman–Crippen LogP) is 3.06. The molecule has 0 aliphatic carbocycles. The number of carbonyl (C=O) groups is 1. The molecular weight excluding hydrogens is 486 g/mol. The van der Waals surface area contributed by atoms with Crippen LogP contribution in [-0.2, 0) is 11.3 Å². The predicted molar refractivity (Wildman–Crippen MR) is 134 cm³/mol. The Morgan fingerprint density at radius 3 is 2.60 bits per heavy atom. The minimum atomic E-state index is -0.815. The molecular formula is C24H21N5O4S2. The molecule has 3 aromatic rings. The summed E-state index contributed by atoms with van der Waals surface area (Å²) in [6, 6.07) is 8.16. The highest BCUT2D eigenvalue weighted by Gasteiger charge is 2.27. The number of nitrogens with zero attached hydrogens (tertiary/aromatic N) is 5. The Labute approximate surface area is 208 Å². The van der Waals surface area contributed by atoms with Gasteiger partial charge in [-0.1, -0.05) is 32.9 Å². The van der Waals surface area contributed by atoms with Crippen LogP contribution in [-0.4, -0.2) is 25.2 Å². The van der Waals surface area contributed by atoms with E-state index in [-0.39, 0.29) is 32.8 Å². The summed E-state index contributed by atoms with van der Waals surface area (Å²) in [5.41, 5.74) is -1.08. The maximum absolute atomic E-state index is 13.1. The van der Waals surface area contributed by atoms with E-state index in [1.165, 1.54) is 22.8 Å². The van der Waals surface area contributed by atoms with Gasteiger partial charge in [0.2, 0.25) is 0 Å². The van der Waals surface area contributed by atoms with Gasteiger partial charge in [-0.2, -0.15) is 5.26 Å². The number of Topliss-reactive ketones (excluding diaryl/α,β-unsaturated/α-hetero) is 1. The SMILES string of the molecule is C=CCn1c(=C(C#N)C(=O)C(C)(C)C)sc(=Cc2ccc(Sc3ncccn3)c([N+](=O)[O-])c2)c1=O. The molecule has 1 aromatic carbocycles. The van der Waals surface area contributed by atoms with Crippen LogP contribution in [0.2, 0.25) is 0 Å². The first-order valence-electron chi connectivity index (χ1n) is 10.3. The molecule has 0 spiro atoms. The van der Waals surface area contributed by atoms with E-state index < -0.39 is 15.9 Å². The van der Waals surface area contributed by atoms with Gasteiger partial charge in [-0.05, 0) is 35.5 Å². The second-order valence-electron chi connectivity index (χ2n) is 8.30. The van der Waals surface area contributed by atoms with Gasteiger partial charge in [0.05, 0.1) is 14.4 Å². The molecule has 2 aromatic heterocycles. The largest absolute Gasteiger partial charge is 0.294 e. The van der Waals surface area contributed by atoms with Crippen molar-refractivity contribution in [2.45, 2.75) is 37.4 Å². The Morgan fingerprint density at radius 1 is 1.34 bits per heavy atom. The molecule has 178 valence electrons. The van der Waals surface area contributed by atoms with Crippen LogP contribution in [0.25, 0.3) is 11.6 Å². The summed E-state index contributed by atoms with van der Waals surface area (Å²) in [5.74, 6) is -0.384. The fourth-order valence-electron chi connectivity index (χ4n) is 3.01. The second kappa shape index (κ2) is 10.6. The van der Waals surface area contributed by atoms with Crippen molar-refractivity contribution in [1.82, 2.24) is 14.5 Å². The van der Waals surface area contributed by atoms with Crippen LogP contribution in [0.5, 0.6) is 0 Å². The van der Waals surface area contributed by atoms with Crippen molar-refractivity contribution in [3.05, 3.63) is 84.5 Å². The Hall–Kier alpha value is -3.88. The highest BCUT2D eigenvalue weighted by atomic mass is 32.2. The van der Waals surface area contributed by atoms with Crippen molar-refractivity contribution in [2.24, 2.45) is 5.41 Å². The lowest BCUT2D eigenvalue weighted by atomic mass is 9.87. The Bertz CT molecular complexity index is 1530. The van der Waals surface area contributed by atoms with Gasteiger partial charge in [0.25, 0.3) is 11.2 Å². The minimum Gasteiger partial charge on any atom is -0.294 e. The highest BCUT2D eigenvalue weighted by Crippen LogP contribution is 2.33. The van der Waals surface area contributed by atoms with Crippen molar-refractivity contribution in [3.63, 3.8) is 0 Å². The van der Waals surface area contributed by atoms with Crippen molar-refractivity contribution >= 4 is 46.2 Å². The first-order chi connectivity index (χ1) is 16.6. The summed E-state index contributed by atoms with van der Waals surface area (Å²) in [5, 5.41) is 21.8. The summed E-state index contributed by atoms with van der Waals surface area (Å²) < 4.78 is 1.78. The summed E-state index contributed by atoms with van der Waals surface area (Å²) in [6.07, 6.45) is 6.10. The van der Waals surface area contributed by atoms with E-state index >= 15 is 0 Å². The maximum Gasteiger partial charge on any atom is 0.283 e. The zero-order chi connectivity index (χ0) is 25.8. The molecule has 0 amide bonds. The van der Waals surface area contributed by atoms with E-state index in [0.717, 1.165) is 23.1 Å². The molecule has 0 saturated carbocycles. The van der Waals surface area contributed by atoms with Crippen LogP contribution in [0, 0.1) is 26.9 Å². The zero-order valence-corrected chi connectivity index (χ0v) is 20.9. The monoisotopic (exact) mass is 507 g/mol. The van der Waals surface area contributed by atoms with Gasteiger partial charge < -0.3 is 0 Å². The first-order valence-corrected chi connectivity index (χ1v) is 11.9. The van der Waals surface area contributed by atoms with Crippen LogP contribution in [0.4, 0.5) is 5.69 Å². The number of thiazole rings is 1. The summed E-state index contributed by atoms with van der Waals surface area (Å²) in [4.78, 5) is 45.7. The topological polar surface area (TPSA) is 132 Å². The van der Waals surface area contributed by atoms with Gasteiger partial charge in [-0.25, -0.2) is 9.97 Å². The van der Waals surface area contributed by atoms with Crippen molar-refractivity contribution in [3.8, 4) is 6.07 Å². The average Bonchev–Trinajstić information content (AvgIpc) is 3.10. The van der Waals surface area contributed by atoms with Gasteiger partial charge in [-0.3, -0.25) is 24.3 Å². The number of hydrogen-bond donors (Lipinski definition) is 0. The molecule has 0 bridgehead atoms. The van der Waals surface area contributed by atoms with E-state index in [4.69, 9.17) is 0 Å². The zero-order valence-electron chi connectivity index (χ0n) is 19.2. The molecule has 0 saturated heterocycles. The second-order valence-corrected chi connectivity index (χ2v) is 10.3. The molecule has 35 heavy (non-hydrogen) atoms. The fourth-order valence-corrected chi connectivity index (χ4v) is 4.92. The van der Waals surface area contributed by atoms with Crippen LogP contribution >= 0.6 is 23.1 Å². The molecule has 0 aliphatic rings. The number of aromatic nitrogens is 3. The third-order valence-corrected chi connectivity index (χ3v) is 6.76. The van der Waals surface area contributed by atoms with E-state index in [1.54, 1.807) is 51.4 Å². The van der Waals surface area contributed by atoms with Crippen LogP contribution < -0.4 is 14.8 Å². The molecule has 0 aliphatic heterocycles. The third-order valence-electron chi connectivity index (χ3n) is 4.67. The average molecular weight is 508 g/mol. The van der Waals surface area contributed by atoms with Crippen LogP contribution in [0.1, 0.15) is 26.3 Å². The standard InChI is InChI=1S/C24H21N5O4S2/c1-5-11-28-21(31)19(34-22(28)16(14-25)20(30)24(2,3)4)13-15-7-8-18(17(12-15)29(32)33)35-23-26-9-6-10-27-23/h5-10,12-13H,1,11H2,2-4H3. The maximum atomic E-state index is 13.1. The van der Waals surface area contributed by atoms with Crippen LogP contribution in [0.3, 0.4) is 0 Å². The number of ketones is 1. The third kappa shape index (κ3) is 5.79. The summed E-state index contributed by atoms with van der Waals surface area (Å²) in [7, 11) is 0. The first kappa shape index (κ1) is 25.7. The quantitative estimate of drug-likeness (QED) is 0.206. The van der Waals surface area contributed by atoms with E-state index in [0.29, 0.717) is 15.6 Å². The number of benzene rings is 1. The lowest BCUT2D eigenvalue weighted by Crippen LogP contribution is -2.34. The normalized spacial score (nSPS) is 12.7. The number of hydrogen-bond acceptors (Lipinski definition) is 9. The van der Waals surface area contributed by atoms with Gasteiger partial charge in [0.1, 0.15) is 16.3 Å².